The summed E-state index contributed by atoms with van der Waals surface area (Å²) in [5.74, 6) is -1.30. The summed E-state index contributed by atoms with van der Waals surface area (Å²) in [6, 6.07) is 14.4. The van der Waals surface area contributed by atoms with Crippen LogP contribution in [0.4, 0.5) is 11.4 Å². The van der Waals surface area contributed by atoms with E-state index in [4.69, 9.17) is 4.74 Å². The molecule has 1 aliphatic heterocycles. The van der Waals surface area contributed by atoms with Gasteiger partial charge in [0.15, 0.2) is 0 Å². The molecule has 3 N–H and O–H groups in total. The summed E-state index contributed by atoms with van der Waals surface area (Å²) in [6.45, 7) is 6.84. The first kappa shape index (κ1) is 27.0. The molecule has 0 aliphatic carbocycles. The number of aryl methyl sites for hydroxylation is 1. The Balaban J connectivity index is 1.28. The molecule has 3 heterocycles. The monoisotopic (exact) mass is 540 g/mol. The fraction of sp³-hybridized carbons (Fsp3) is 0.267. The summed E-state index contributed by atoms with van der Waals surface area (Å²) in [6.07, 6.45) is 3.07. The molecule has 0 saturated carbocycles. The number of anilines is 2. The molecule has 10 heteroatoms. The molecule has 40 heavy (non-hydrogen) atoms. The zero-order valence-corrected chi connectivity index (χ0v) is 22.8. The molecule has 2 aromatic carbocycles. The molecular weight excluding hydrogens is 508 g/mol. The third-order valence-corrected chi connectivity index (χ3v) is 7.18. The second-order valence-electron chi connectivity index (χ2n) is 9.99. The first-order chi connectivity index (χ1) is 19.3. The second-order valence-corrected chi connectivity index (χ2v) is 9.99. The molecule has 1 aliphatic rings. The third kappa shape index (κ3) is 5.88. The van der Waals surface area contributed by atoms with Gasteiger partial charge in [-0.2, -0.15) is 0 Å². The lowest BCUT2D eigenvalue weighted by Crippen LogP contribution is -2.43. The first-order valence-electron chi connectivity index (χ1n) is 13.1. The molecular formula is C30H32N6O4. The lowest BCUT2D eigenvalue weighted by molar-refractivity contribution is 0.0604. The number of carbonyl (C=O) groups excluding carboxylic acids is 3. The van der Waals surface area contributed by atoms with Gasteiger partial charge in [0.1, 0.15) is 5.65 Å². The van der Waals surface area contributed by atoms with E-state index >= 15 is 0 Å². The van der Waals surface area contributed by atoms with Crippen LogP contribution in [0, 0.1) is 6.92 Å². The van der Waals surface area contributed by atoms with Crippen LogP contribution >= 0.6 is 0 Å². The number of rotatable bonds is 7. The Bertz CT molecular complexity index is 1550. The van der Waals surface area contributed by atoms with Crippen LogP contribution in [0.15, 0.2) is 60.9 Å². The standard InChI is InChI=1S/C30H32N6O4/c1-19-4-9-22(33-28(37)21-7-5-20(6-8-21)18-36-14-12-35(2)13-15-36)16-24(19)29(38)34-25-17-32-27-23(10-11-31-27)26(25)30(39)40-3/h4-11,16-17H,12-15,18H2,1-3H3,(H,31,32)(H,33,37)(H,34,38). The fourth-order valence-corrected chi connectivity index (χ4v) is 4.79. The summed E-state index contributed by atoms with van der Waals surface area (Å²) in [4.78, 5) is 50.7. The molecule has 0 radical (unpaired) electrons. The Morgan fingerprint density at radius 2 is 1.73 bits per heavy atom. The highest BCUT2D eigenvalue weighted by molar-refractivity contribution is 6.13. The SMILES string of the molecule is COC(=O)c1c(NC(=O)c2cc(NC(=O)c3ccc(CN4CCN(C)CC4)cc3)ccc2C)cnc2[nH]ccc12. The molecule has 4 aromatic rings. The molecule has 0 spiro atoms. The van der Waals surface area contributed by atoms with Crippen molar-refractivity contribution in [1.82, 2.24) is 19.8 Å². The molecule has 1 saturated heterocycles. The van der Waals surface area contributed by atoms with Crippen LogP contribution in [0.3, 0.4) is 0 Å². The number of pyridine rings is 1. The summed E-state index contributed by atoms with van der Waals surface area (Å²) < 4.78 is 4.94. The largest absolute Gasteiger partial charge is 0.465 e. The van der Waals surface area contributed by atoms with Crippen LogP contribution in [0.1, 0.15) is 42.2 Å². The van der Waals surface area contributed by atoms with Crippen LogP contribution in [0.2, 0.25) is 0 Å². The lowest BCUT2D eigenvalue weighted by Gasteiger charge is -2.32. The molecule has 0 unspecified atom stereocenters. The van der Waals surface area contributed by atoms with Gasteiger partial charge >= 0.3 is 5.97 Å². The Labute approximate surface area is 232 Å². The third-order valence-electron chi connectivity index (χ3n) is 7.18. The molecule has 206 valence electrons. The van der Waals surface area contributed by atoms with E-state index in [1.165, 1.54) is 13.3 Å². The summed E-state index contributed by atoms with van der Waals surface area (Å²) >= 11 is 0. The number of carbonyl (C=O) groups is 3. The van der Waals surface area contributed by atoms with Crippen LogP contribution in [-0.4, -0.2) is 77.9 Å². The number of nitrogens with zero attached hydrogens (tertiary/aromatic N) is 3. The van der Waals surface area contributed by atoms with Gasteiger partial charge < -0.3 is 25.3 Å². The number of ether oxygens (including phenoxy) is 1. The molecule has 2 amide bonds. The minimum absolute atomic E-state index is 0.209. The predicted octanol–water partition coefficient (Wildman–Crippen LogP) is 3.91. The Morgan fingerprint density at radius 1 is 0.975 bits per heavy atom. The maximum atomic E-state index is 13.3. The van der Waals surface area contributed by atoms with E-state index in [1.807, 2.05) is 24.3 Å². The number of benzene rings is 2. The van der Waals surface area contributed by atoms with Gasteiger partial charge in [-0.05, 0) is 55.4 Å². The van der Waals surface area contributed by atoms with Crippen molar-refractivity contribution in [2.75, 3.05) is 51.0 Å². The molecule has 5 rings (SSSR count). The van der Waals surface area contributed by atoms with Crippen molar-refractivity contribution < 1.29 is 19.1 Å². The smallest absolute Gasteiger partial charge is 0.340 e. The highest BCUT2D eigenvalue weighted by Crippen LogP contribution is 2.26. The van der Waals surface area contributed by atoms with Gasteiger partial charge in [-0.15, -0.1) is 0 Å². The average Bonchev–Trinajstić information content (AvgIpc) is 3.44. The lowest BCUT2D eigenvalue weighted by atomic mass is 10.1. The normalized spacial score (nSPS) is 14.2. The quantitative estimate of drug-likeness (QED) is 0.304. The van der Waals surface area contributed by atoms with E-state index in [0.29, 0.717) is 33.4 Å². The number of likely N-dealkylation sites (N-methyl/N-ethyl adjacent to an activating group) is 1. The Morgan fingerprint density at radius 3 is 2.45 bits per heavy atom. The number of aromatic nitrogens is 2. The molecule has 1 fully saturated rings. The van der Waals surface area contributed by atoms with Gasteiger partial charge in [0.2, 0.25) is 0 Å². The van der Waals surface area contributed by atoms with Gasteiger partial charge in [0, 0.05) is 61.1 Å². The fourth-order valence-electron chi connectivity index (χ4n) is 4.79. The van der Waals surface area contributed by atoms with Crippen molar-refractivity contribution in [2.24, 2.45) is 0 Å². The minimum atomic E-state index is -0.588. The van der Waals surface area contributed by atoms with Gasteiger partial charge in [0.05, 0.1) is 24.6 Å². The van der Waals surface area contributed by atoms with Crippen LogP contribution in [0.5, 0.6) is 0 Å². The zero-order valence-electron chi connectivity index (χ0n) is 22.8. The number of esters is 1. The maximum absolute atomic E-state index is 13.3. The number of piperazine rings is 1. The van der Waals surface area contributed by atoms with Crippen LogP contribution < -0.4 is 10.6 Å². The van der Waals surface area contributed by atoms with Crippen molar-refractivity contribution in [2.45, 2.75) is 13.5 Å². The van der Waals surface area contributed by atoms with Gasteiger partial charge in [-0.25, -0.2) is 9.78 Å². The van der Waals surface area contributed by atoms with Crippen LogP contribution in [0.25, 0.3) is 11.0 Å². The second kappa shape index (κ2) is 11.7. The minimum Gasteiger partial charge on any atom is -0.465 e. The topological polar surface area (TPSA) is 120 Å². The Hall–Kier alpha value is -4.54. The number of nitrogens with one attached hydrogen (secondary N) is 3. The number of hydrogen-bond acceptors (Lipinski definition) is 7. The van der Waals surface area contributed by atoms with Gasteiger partial charge in [-0.1, -0.05) is 18.2 Å². The van der Waals surface area contributed by atoms with E-state index < -0.39 is 11.9 Å². The molecule has 0 atom stereocenters. The molecule has 2 aromatic heterocycles. The Kier molecular flexibility index (Phi) is 7.90. The molecule has 0 bridgehead atoms. The van der Waals surface area contributed by atoms with E-state index in [2.05, 4.69) is 37.4 Å². The predicted molar refractivity (Wildman–Crippen MR) is 154 cm³/mol. The number of methoxy groups -OCH3 is 1. The van der Waals surface area contributed by atoms with Gasteiger partial charge in [-0.3, -0.25) is 14.5 Å². The summed E-state index contributed by atoms with van der Waals surface area (Å²) in [7, 11) is 3.42. The van der Waals surface area contributed by atoms with E-state index in [-0.39, 0.29) is 17.2 Å². The van der Waals surface area contributed by atoms with Crippen molar-refractivity contribution in [3.63, 3.8) is 0 Å². The molecule has 10 nitrogen and oxygen atoms in total. The highest BCUT2D eigenvalue weighted by atomic mass is 16.5. The van der Waals surface area contributed by atoms with Crippen LogP contribution in [-0.2, 0) is 11.3 Å². The van der Waals surface area contributed by atoms with E-state index in [9.17, 15) is 14.4 Å². The number of H-pyrrole nitrogens is 1. The number of hydrogen-bond donors (Lipinski definition) is 3. The zero-order chi connectivity index (χ0) is 28.2. The highest BCUT2D eigenvalue weighted by Gasteiger charge is 2.21. The van der Waals surface area contributed by atoms with Crippen molar-refractivity contribution in [1.29, 1.82) is 0 Å². The number of aromatic amines is 1. The van der Waals surface area contributed by atoms with Gasteiger partial charge in [0.25, 0.3) is 11.8 Å². The van der Waals surface area contributed by atoms with Crippen molar-refractivity contribution >= 4 is 40.2 Å². The summed E-state index contributed by atoms with van der Waals surface area (Å²) in [5.41, 5.74) is 4.18. The maximum Gasteiger partial charge on any atom is 0.340 e. The first-order valence-corrected chi connectivity index (χ1v) is 13.1. The summed E-state index contributed by atoms with van der Waals surface area (Å²) in [5, 5.41) is 6.21. The average molecular weight is 541 g/mol. The van der Waals surface area contributed by atoms with Crippen molar-refractivity contribution in [3.05, 3.63) is 88.7 Å². The number of fused-ring (bicyclic) bond motifs is 1. The van der Waals surface area contributed by atoms with E-state index in [0.717, 1.165) is 38.3 Å². The number of amides is 2. The van der Waals surface area contributed by atoms with Crippen molar-refractivity contribution in [3.8, 4) is 0 Å². The van der Waals surface area contributed by atoms with E-state index in [1.54, 1.807) is 37.4 Å².